The first-order valence-corrected chi connectivity index (χ1v) is 6.76. The van der Waals surface area contributed by atoms with E-state index in [0.29, 0.717) is 23.1 Å². The molecule has 3 amide bonds. The largest absolute Gasteiger partial charge is 0.322 e. The minimum Gasteiger partial charge on any atom is -0.322 e. The van der Waals surface area contributed by atoms with Crippen molar-refractivity contribution in [3.63, 3.8) is 0 Å². The van der Waals surface area contributed by atoms with Crippen LogP contribution in [0.5, 0.6) is 0 Å². The fraction of sp³-hybridized carbons (Fsp3) is 0.286. The monoisotopic (exact) mass is 303 g/mol. The first-order chi connectivity index (χ1) is 10.0. The summed E-state index contributed by atoms with van der Waals surface area (Å²) in [5, 5.41) is 11.4. The van der Waals surface area contributed by atoms with Gasteiger partial charge >= 0.3 is 0 Å². The van der Waals surface area contributed by atoms with Gasteiger partial charge in [-0.15, -0.1) is 0 Å². The van der Waals surface area contributed by atoms with Gasteiger partial charge in [-0.3, -0.25) is 19.7 Å². The van der Waals surface area contributed by atoms with Crippen LogP contribution in [-0.4, -0.2) is 28.7 Å². The highest BCUT2D eigenvalue weighted by atomic mass is 35.5. The molecule has 21 heavy (non-hydrogen) atoms. The van der Waals surface area contributed by atoms with E-state index in [9.17, 15) is 14.4 Å². The van der Waals surface area contributed by atoms with Gasteiger partial charge in [0, 0.05) is 13.0 Å². The Bertz CT molecular complexity index is 723. The Morgan fingerprint density at radius 1 is 1.33 bits per heavy atom. The second-order valence-electron chi connectivity index (χ2n) is 5.00. The van der Waals surface area contributed by atoms with Gasteiger partial charge in [-0.05, 0) is 24.1 Å². The maximum Gasteiger partial charge on any atom is 0.256 e. The molecule has 106 valence electrons. The first kappa shape index (κ1) is 13.6. The van der Waals surface area contributed by atoms with Crippen LogP contribution in [0.1, 0.15) is 34.3 Å². The van der Waals surface area contributed by atoms with Crippen LogP contribution in [0.25, 0.3) is 0 Å². The van der Waals surface area contributed by atoms with Gasteiger partial charge in [-0.2, -0.15) is 5.26 Å². The zero-order valence-electron chi connectivity index (χ0n) is 10.9. The molecule has 0 spiro atoms. The highest BCUT2D eigenvalue weighted by molar-refractivity contribution is 6.34. The van der Waals surface area contributed by atoms with E-state index in [1.807, 2.05) is 6.07 Å². The maximum absolute atomic E-state index is 12.4. The number of hydrogen-bond acceptors (Lipinski definition) is 4. The summed E-state index contributed by atoms with van der Waals surface area (Å²) in [6, 6.07) is 4.35. The molecule has 1 saturated heterocycles. The SMILES string of the molecule is N#Cc1cc(Cl)c2c(c1)CN(C1CCC(=O)NC1=O)C2=O. The number of hydrogen-bond donors (Lipinski definition) is 1. The second kappa shape index (κ2) is 4.86. The number of carbonyl (C=O) groups is 3. The number of imide groups is 1. The van der Waals surface area contributed by atoms with Crippen molar-refractivity contribution in [2.45, 2.75) is 25.4 Å². The molecule has 1 N–H and O–H groups in total. The number of nitriles is 1. The van der Waals surface area contributed by atoms with E-state index in [1.54, 1.807) is 6.07 Å². The van der Waals surface area contributed by atoms with E-state index < -0.39 is 11.9 Å². The zero-order valence-corrected chi connectivity index (χ0v) is 11.6. The molecule has 7 heteroatoms. The first-order valence-electron chi connectivity index (χ1n) is 6.38. The van der Waals surface area contributed by atoms with E-state index in [-0.39, 0.29) is 29.8 Å². The molecular formula is C14H10ClN3O3. The lowest BCUT2D eigenvalue weighted by Gasteiger charge is -2.29. The zero-order chi connectivity index (χ0) is 15.1. The van der Waals surface area contributed by atoms with Crippen LogP contribution >= 0.6 is 11.6 Å². The van der Waals surface area contributed by atoms with E-state index in [0.717, 1.165) is 0 Å². The molecule has 6 nitrogen and oxygen atoms in total. The molecule has 2 aliphatic heterocycles. The Morgan fingerprint density at radius 2 is 2.10 bits per heavy atom. The molecule has 0 aromatic heterocycles. The van der Waals surface area contributed by atoms with Crippen LogP contribution < -0.4 is 5.32 Å². The van der Waals surface area contributed by atoms with Crippen molar-refractivity contribution in [3.8, 4) is 6.07 Å². The summed E-state index contributed by atoms with van der Waals surface area (Å²) >= 11 is 6.06. The highest BCUT2D eigenvalue weighted by Gasteiger charge is 2.40. The van der Waals surface area contributed by atoms with Crippen LogP contribution in [-0.2, 0) is 16.1 Å². The standard InChI is InChI=1S/C14H10ClN3O3/c15-9-4-7(5-16)3-8-6-18(14(21)12(8)9)10-1-2-11(19)17-13(10)20/h3-4,10H,1-2,6H2,(H,17,19,20). The number of amides is 3. The van der Waals surface area contributed by atoms with E-state index in [2.05, 4.69) is 5.32 Å². The molecule has 0 saturated carbocycles. The van der Waals surface area contributed by atoms with E-state index in [1.165, 1.54) is 11.0 Å². The van der Waals surface area contributed by atoms with Crippen molar-refractivity contribution in [1.29, 1.82) is 5.26 Å². The van der Waals surface area contributed by atoms with Gasteiger partial charge in [-0.25, -0.2) is 0 Å². The normalized spacial score (nSPS) is 21.0. The molecule has 1 unspecified atom stereocenters. The van der Waals surface area contributed by atoms with Gasteiger partial charge in [0.25, 0.3) is 5.91 Å². The number of nitrogens with one attached hydrogen (secondary N) is 1. The Kier molecular flexibility index (Phi) is 3.15. The summed E-state index contributed by atoms with van der Waals surface area (Å²) in [5.41, 5.74) is 1.34. The van der Waals surface area contributed by atoms with Crippen molar-refractivity contribution >= 4 is 29.3 Å². The molecule has 0 radical (unpaired) electrons. The summed E-state index contributed by atoms with van der Waals surface area (Å²) in [6.07, 6.45) is 0.501. The van der Waals surface area contributed by atoms with Gasteiger partial charge in [0.05, 0.1) is 22.2 Å². The fourth-order valence-electron chi connectivity index (χ4n) is 2.72. The summed E-state index contributed by atoms with van der Waals surface area (Å²) < 4.78 is 0. The van der Waals surface area contributed by atoms with Crippen LogP contribution in [0.15, 0.2) is 12.1 Å². The number of piperidine rings is 1. The third-order valence-electron chi connectivity index (χ3n) is 3.70. The molecule has 2 heterocycles. The highest BCUT2D eigenvalue weighted by Crippen LogP contribution is 2.33. The molecule has 1 aromatic rings. The lowest BCUT2D eigenvalue weighted by atomic mass is 10.0. The summed E-state index contributed by atoms with van der Waals surface area (Å²) in [5.74, 6) is -1.14. The third-order valence-corrected chi connectivity index (χ3v) is 4.00. The molecule has 1 fully saturated rings. The van der Waals surface area contributed by atoms with Gasteiger partial charge in [0.2, 0.25) is 11.8 Å². The molecule has 1 aromatic carbocycles. The summed E-state index contributed by atoms with van der Waals surface area (Å²) in [4.78, 5) is 36.9. The van der Waals surface area contributed by atoms with Gasteiger partial charge in [0.15, 0.2) is 0 Å². The van der Waals surface area contributed by atoms with Gasteiger partial charge in [-0.1, -0.05) is 11.6 Å². The Labute approximate surface area is 125 Å². The molecule has 2 aliphatic rings. The van der Waals surface area contributed by atoms with Crippen molar-refractivity contribution in [2.24, 2.45) is 0 Å². The molecule has 0 bridgehead atoms. The van der Waals surface area contributed by atoms with E-state index in [4.69, 9.17) is 16.9 Å². The topological polar surface area (TPSA) is 90.3 Å². The predicted molar refractivity (Wildman–Crippen MR) is 72.2 cm³/mol. The Hall–Kier alpha value is -2.39. The van der Waals surface area contributed by atoms with Crippen molar-refractivity contribution in [3.05, 3.63) is 33.8 Å². The van der Waals surface area contributed by atoms with Crippen LogP contribution in [0.3, 0.4) is 0 Å². The fourth-order valence-corrected chi connectivity index (χ4v) is 3.04. The van der Waals surface area contributed by atoms with Gasteiger partial charge < -0.3 is 4.90 Å². The number of halogens is 1. The summed E-state index contributed by atoms with van der Waals surface area (Å²) in [6.45, 7) is 0.218. The van der Waals surface area contributed by atoms with Crippen LogP contribution in [0.4, 0.5) is 0 Å². The molecule has 1 atom stereocenters. The predicted octanol–water partition coefficient (Wildman–Crippen LogP) is 0.973. The third kappa shape index (κ3) is 2.16. The Morgan fingerprint density at radius 3 is 2.76 bits per heavy atom. The number of benzene rings is 1. The number of carbonyl (C=O) groups excluding carboxylic acids is 3. The minimum atomic E-state index is -0.677. The number of rotatable bonds is 1. The molecular weight excluding hydrogens is 294 g/mol. The minimum absolute atomic E-state index is 0.202. The van der Waals surface area contributed by atoms with Crippen LogP contribution in [0, 0.1) is 11.3 Å². The van der Waals surface area contributed by atoms with Crippen molar-refractivity contribution in [1.82, 2.24) is 10.2 Å². The van der Waals surface area contributed by atoms with E-state index >= 15 is 0 Å². The molecule has 0 aliphatic carbocycles. The maximum atomic E-state index is 12.4. The smallest absolute Gasteiger partial charge is 0.256 e. The number of nitrogens with zero attached hydrogens (tertiary/aromatic N) is 2. The van der Waals surface area contributed by atoms with Gasteiger partial charge in [0.1, 0.15) is 6.04 Å². The Balaban J connectivity index is 1.94. The average Bonchev–Trinajstić information content (AvgIpc) is 2.76. The van der Waals surface area contributed by atoms with Crippen molar-refractivity contribution in [2.75, 3.05) is 0 Å². The quantitative estimate of drug-likeness (QED) is 0.783. The summed E-state index contributed by atoms with van der Waals surface area (Å²) in [7, 11) is 0. The number of fused-ring (bicyclic) bond motifs is 1. The average molecular weight is 304 g/mol. The second-order valence-corrected chi connectivity index (χ2v) is 5.41. The van der Waals surface area contributed by atoms with Crippen molar-refractivity contribution < 1.29 is 14.4 Å². The van der Waals surface area contributed by atoms with Crippen LogP contribution in [0.2, 0.25) is 5.02 Å². The lowest BCUT2D eigenvalue weighted by molar-refractivity contribution is -0.136. The molecule has 3 rings (SSSR count). The lowest BCUT2D eigenvalue weighted by Crippen LogP contribution is -2.52.